The van der Waals surface area contributed by atoms with Gasteiger partial charge < -0.3 is 10.1 Å². The van der Waals surface area contributed by atoms with Gasteiger partial charge in [0.05, 0.1) is 18.7 Å². The van der Waals surface area contributed by atoms with Crippen molar-refractivity contribution >= 4 is 29.2 Å². The molecule has 1 amide bonds. The van der Waals surface area contributed by atoms with Crippen molar-refractivity contribution in [1.82, 2.24) is 10.7 Å². The number of esters is 1. The first-order valence-electron chi connectivity index (χ1n) is 17.2. The first kappa shape index (κ1) is 35.6. The van der Waals surface area contributed by atoms with E-state index in [1.165, 1.54) is 5.57 Å². The molecule has 0 saturated heterocycles. The van der Waals surface area contributed by atoms with Crippen LogP contribution < -0.4 is 10.7 Å². The smallest absolute Gasteiger partial charge is 0.313 e. The maximum Gasteiger partial charge on any atom is 0.313 e. The molecule has 2 aliphatic carbocycles. The van der Waals surface area contributed by atoms with Crippen LogP contribution in [-0.4, -0.2) is 42.3 Å². The van der Waals surface area contributed by atoms with Crippen molar-refractivity contribution in [3.63, 3.8) is 0 Å². The quantitative estimate of drug-likeness (QED) is 0.126. The molecule has 4 rings (SSSR count). The number of fused-ring (bicyclic) bond motifs is 5. The van der Waals surface area contributed by atoms with Crippen LogP contribution in [0.4, 0.5) is 0 Å². The number of hydrogen-bond donors (Lipinski definition) is 2. The lowest BCUT2D eigenvalue weighted by Gasteiger charge is -2.35. The van der Waals surface area contributed by atoms with Gasteiger partial charge >= 0.3 is 5.97 Å². The highest BCUT2D eigenvalue weighted by atomic mass is 16.5. The Morgan fingerprint density at radius 1 is 0.935 bits per heavy atom. The number of nitrogens with one attached hydrogen (secondary N) is 2. The minimum absolute atomic E-state index is 0.0355. The summed E-state index contributed by atoms with van der Waals surface area (Å²) >= 11 is 0. The molecule has 4 atom stereocenters. The van der Waals surface area contributed by atoms with E-state index in [0.29, 0.717) is 30.5 Å². The van der Waals surface area contributed by atoms with Crippen LogP contribution in [0.3, 0.4) is 0 Å². The van der Waals surface area contributed by atoms with Crippen molar-refractivity contribution in [2.24, 2.45) is 39.6 Å². The van der Waals surface area contributed by atoms with Crippen LogP contribution in [0.5, 0.6) is 0 Å². The second-order valence-electron chi connectivity index (χ2n) is 16.1. The summed E-state index contributed by atoms with van der Waals surface area (Å²) in [6.45, 7) is 15.4. The van der Waals surface area contributed by atoms with Crippen LogP contribution in [0.25, 0.3) is 0 Å². The summed E-state index contributed by atoms with van der Waals surface area (Å²) in [5.74, 6) is 0.704. The Kier molecular flexibility index (Phi) is 11.7. The van der Waals surface area contributed by atoms with E-state index in [2.05, 4.69) is 59.2 Å². The Labute approximate surface area is 275 Å². The molecule has 4 unspecified atom stereocenters. The lowest BCUT2D eigenvalue weighted by molar-refractivity contribution is -0.146. The maximum absolute atomic E-state index is 13.2. The molecule has 46 heavy (non-hydrogen) atoms. The molecule has 0 aromatic heterocycles. The molecule has 2 fully saturated rings. The van der Waals surface area contributed by atoms with E-state index in [4.69, 9.17) is 9.84 Å². The highest BCUT2D eigenvalue weighted by Gasteiger charge is 2.54. The zero-order valence-corrected chi connectivity index (χ0v) is 29.1. The van der Waals surface area contributed by atoms with Gasteiger partial charge in [-0.3, -0.25) is 24.6 Å². The zero-order chi connectivity index (χ0) is 33.6. The number of allylic oxidation sites excluding steroid dienone is 2. The number of nitrogens with zero attached hydrogens (tertiary/aromatic N) is 1. The monoisotopic (exact) mass is 633 g/mol. The van der Waals surface area contributed by atoms with Gasteiger partial charge in [-0.25, -0.2) is 0 Å². The van der Waals surface area contributed by atoms with Crippen LogP contribution in [0.1, 0.15) is 117 Å². The van der Waals surface area contributed by atoms with E-state index in [-0.39, 0.29) is 60.3 Å². The maximum atomic E-state index is 13.2. The van der Waals surface area contributed by atoms with Gasteiger partial charge in [0.1, 0.15) is 24.6 Å². The third-order valence-corrected chi connectivity index (χ3v) is 9.67. The first-order valence-corrected chi connectivity index (χ1v) is 17.2. The van der Waals surface area contributed by atoms with Crippen LogP contribution in [0, 0.1) is 34.5 Å². The van der Waals surface area contributed by atoms with E-state index in [1.807, 2.05) is 24.3 Å². The number of Topliss-reactive ketones (excluding diaryl/α,β-unsaturated/α-hetero) is 2. The van der Waals surface area contributed by atoms with E-state index >= 15 is 0 Å². The molecular weight excluding hydrogens is 578 g/mol. The van der Waals surface area contributed by atoms with Crippen LogP contribution in [0.15, 0.2) is 40.6 Å². The molecule has 1 aliphatic heterocycles. The molecular formula is C38H55N3O5. The molecule has 252 valence electrons. The predicted molar refractivity (Wildman–Crippen MR) is 181 cm³/mol. The second kappa shape index (κ2) is 15.1. The predicted octanol–water partition coefficient (Wildman–Crippen LogP) is 6.70. The van der Waals surface area contributed by atoms with Crippen molar-refractivity contribution in [1.29, 1.82) is 0 Å². The number of hydrazone groups is 1. The number of rotatable bonds is 15. The van der Waals surface area contributed by atoms with Gasteiger partial charge in [0.15, 0.2) is 0 Å². The molecule has 8 nitrogen and oxygen atoms in total. The lowest BCUT2D eigenvalue weighted by Crippen LogP contribution is -2.36. The topological polar surface area (TPSA) is 114 Å². The number of benzene rings is 1. The Bertz CT molecular complexity index is 1350. The van der Waals surface area contributed by atoms with Crippen molar-refractivity contribution in [2.45, 2.75) is 113 Å². The van der Waals surface area contributed by atoms with E-state index in [9.17, 15) is 19.2 Å². The molecule has 1 aromatic carbocycles. The van der Waals surface area contributed by atoms with Crippen LogP contribution >= 0.6 is 0 Å². The largest absolute Gasteiger partial charge is 0.463 e. The molecule has 1 aromatic rings. The molecule has 2 saturated carbocycles. The van der Waals surface area contributed by atoms with Gasteiger partial charge in [0, 0.05) is 30.4 Å². The van der Waals surface area contributed by atoms with Crippen LogP contribution in [0.2, 0.25) is 0 Å². The van der Waals surface area contributed by atoms with Crippen LogP contribution in [-0.2, 0) is 30.3 Å². The average Bonchev–Trinajstić information content (AvgIpc) is 3.55. The van der Waals surface area contributed by atoms with Crippen molar-refractivity contribution in [3.8, 4) is 0 Å². The molecule has 3 aliphatic rings. The van der Waals surface area contributed by atoms with Gasteiger partial charge in [-0.2, -0.15) is 5.10 Å². The second-order valence-corrected chi connectivity index (χ2v) is 16.1. The van der Waals surface area contributed by atoms with Gasteiger partial charge in [0.25, 0.3) is 0 Å². The fourth-order valence-corrected chi connectivity index (χ4v) is 7.43. The number of ether oxygens (including phenoxy) is 1. The summed E-state index contributed by atoms with van der Waals surface area (Å²) in [7, 11) is 0. The fraction of sp³-hybridized carbons (Fsp3) is 0.658. The average molecular weight is 634 g/mol. The summed E-state index contributed by atoms with van der Waals surface area (Å²) in [6, 6.07) is 7.98. The summed E-state index contributed by atoms with van der Waals surface area (Å²) in [4.78, 5) is 49.7. The molecule has 2 bridgehead atoms. The highest BCUT2D eigenvalue weighted by Crippen LogP contribution is 2.58. The Hall–Kier alpha value is -3.29. The van der Waals surface area contributed by atoms with Gasteiger partial charge in [-0.05, 0) is 84.8 Å². The Morgan fingerprint density at radius 2 is 1.59 bits per heavy atom. The van der Waals surface area contributed by atoms with E-state index in [1.54, 1.807) is 0 Å². The third-order valence-electron chi connectivity index (χ3n) is 9.67. The molecule has 1 heterocycles. The summed E-state index contributed by atoms with van der Waals surface area (Å²) in [5, 5.41) is 7.55. The van der Waals surface area contributed by atoms with E-state index in [0.717, 1.165) is 61.1 Å². The van der Waals surface area contributed by atoms with Crippen molar-refractivity contribution in [2.75, 3.05) is 13.2 Å². The van der Waals surface area contributed by atoms with E-state index < -0.39 is 5.97 Å². The SMILES string of the molecule is CC1=C2C3CC(CC3C(=O)CCCC(C)(C)C)C2C(c2ccc(CC(=O)NCCOC(=O)CC(=O)CCCC(C)(C)C)cc2)=NN1. The summed E-state index contributed by atoms with van der Waals surface area (Å²) in [6.07, 6.45) is 6.75. The molecule has 0 radical (unpaired) electrons. The highest BCUT2D eigenvalue weighted by molar-refractivity contribution is 6.05. The number of carbonyl (C=O) groups excluding carboxylic acids is 4. The molecule has 2 N–H and O–H groups in total. The minimum atomic E-state index is -0.549. The normalized spacial score (nSPS) is 22.2. The summed E-state index contributed by atoms with van der Waals surface area (Å²) in [5.41, 5.74) is 9.07. The van der Waals surface area contributed by atoms with Crippen molar-refractivity contribution in [3.05, 3.63) is 46.7 Å². The minimum Gasteiger partial charge on any atom is -0.463 e. The molecule has 8 heteroatoms. The fourth-order valence-electron chi connectivity index (χ4n) is 7.43. The van der Waals surface area contributed by atoms with Gasteiger partial charge in [-0.15, -0.1) is 0 Å². The van der Waals surface area contributed by atoms with Crippen molar-refractivity contribution < 1.29 is 23.9 Å². The number of ketones is 2. The number of hydrogen-bond acceptors (Lipinski definition) is 7. The standard InChI is InChI=1S/C38H55N3O5/c1-24-34-30-22-27(21-29(30)31(43)11-9-17-38(5,6)7)35(34)36(41-40-24)26-14-12-25(13-15-26)20-32(44)39-18-19-46-33(45)23-28(42)10-8-16-37(2,3)4/h12-15,27,29-30,35,40H,8-11,16-23H2,1-7H3,(H,39,44). The zero-order valence-electron chi connectivity index (χ0n) is 29.1. The van der Waals surface area contributed by atoms with Gasteiger partial charge in [0.2, 0.25) is 5.91 Å². The molecule has 0 spiro atoms. The lowest BCUT2D eigenvalue weighted by atomic mass is 9.71. The third kappa shape index (κ3) is 9.85. The number of carbonyl (C=O) groups is 4. The Morgan fingerprint density at radius 3 is 2.24 bits per heavy atom. The summed E-state index contributed by atoms with van der Waals surface area (Å²) < 4.78 is 5.14. The van der Waals surface area contributed by atoms with Gasteiger partial charge in [-0.1, -0.05) is 65.8 Å². The first-order chi connectivity index (χ1) is 21.6. The number of amides is 1. The Balaban J connectivity index is 1.21.